The predicted molar refractivity (Wildman–Crippen MR) is 138 cm³/mol. The molecule has 0 saturated carbocycles. The molecule has 3 aromatic carbocycles. The summed E-state index contributed by atoms with van der Waals surface area (Å²) in [6.07, 6.45) is 0.859. The Morgan fingerprint density at radius 2 is 1.78 bits per heavy atom. The number of carbonyl (C=O) groups excluding carboxylic acids is 2. The van der Waals surface area contributed by atoms with Gasteiger partial charge in [-0.05, 0) is 73.0 Å². The summed E-state index contributed by atoms with van der Waals surface area (Å²) in [5.74, 6) is -1.82. The molecule has 182 valence electrons. The molecular formula is C28H23FN2O4S. The number of amides is 1. The highest BCUT2D eigenvalue weighted by Gasteiger charge is 2.48. The molecule has 5 rings (SSSR count). The molecule has 36 heavy (non-hydrogen) atoms. The molecule has 1 amide bonds. The highest BCUT2D eigenvalue weighted by atomic mass is 32.1. The molecule has 0 radical (unpaired) electrons. The molecule has 1 N–H and O–H groups in total. The van der Waals surface area contributed by atoms with Gasteiger partial charge < -0.3 is 9.84 Å². The van der Waals surface area contributed by atoms with Gasteiger partial charge in [-0.1, -0.05) is 36.5 Å². The number of fused-ring (bicyclic) bond motifs is 1. The maximum absolute atomic E-state index is 13.5. The van der Waals surface area contributed by atoms with Crippen molar-refractivity contribution in [3.63, 3.8) is 0 Å². The Hall–Kier alpha value is -4.04. The minimum Gasteiger partial charge on any atom is -0.507 e. The Morgan fingerprint density at radius 3 is 2.44 bits per heavy atom. The van der Waals surface area contributed by atoms with Crippen LogP contribution in [-0.4, -0.2) is 28.4 Å². The Labute approximate surface area is 211 Å². The second-order valence-corrected chi connectivity index (χ2v) is 9.34. The van der Waals surface area contributed by atoms with Crippen LogP contribution < -0.4 is 9.64 Å². The van der Waals surface area contributed by atoms with E-state index >= 15 is 0 Å². The largest absolute Gasteiger partial charge is 0.507 e. The number of rotatable bonds is 6. The maximum Gasteiger partial charge on any atom is 0.301 e. The second kappa shape index (κ2) is 9.54. The van der Waals surface area contributed by atoms with Crippen LogP contribution in [0.15, 0.2) is 72.3 Å². The standard InChI is InChI=1S/C28H23FN2O4S/c1-3-16-5-14-21-22(15-16)36-28(30-21)31-24(17-8-12-20(13-9-17)35-4-2)23(26(33)27(31)34)25(32)18-6-10-19(29)11-7-18/h5-15,24,32H,3-4H2,1-2H3/b25-23+. The number of Topliss-reactive ketones (excluding diaryl/α,β-unsaturated/α-hetero) is 1. The number of carbonyl (C=O) groups is 2. The summed E-state index contributed by atoms with van der Waals surface area (Å²) in [7, 11) is 0. The molecule has 6 nitrogen and oxygen atoms in total. The molecular weight excluding hydrogens is 479 g/mol. The van der Waals surface area contributed by atoms with Crippen molar-refractivity contribution in [2.45, 2.75) is 26.3 Å². The third kappa shape index (κ3) is 4.13. The van der Waals surface area contributed by atoms with Crippen molar-refractivity contribution in [3.8, 4) is 5.75 Å². The molecule has 1 unspecified atom stereocenters. The van der Waals surface area contributed by atoms with E-state index in [4.69, 9.17) is 4.74 Å². The molecule has 4 aromatic rings. The maximum atomic E-state index is 13.5. The third-order valence-corrected chi connectivity index (χ3v) is 7.14. The molecule has 1 aliphatic heterocycles. The fourth-order valence-electron chi connectivity index (χ4n) is 4.30. The molecule has 0 bridgehead atoms. The summed E-state index contributed by atoms with van der Waals surface area (Å²) in [6, 6.07) is 17.1. The predicted octanol–water partition coefficient (Wildman–Crippen LogP) is 6.02. The van der Waals surface area contributed by atoms with E-state index in [1.54, 1.807) is 24.3 Å². The molecule has 8 heteroatoms. The van der Waals surface area contributed by atoms with Gasteiger partial charge >= 0.3 is 5.91 Å². The third-order valence-electron chi connectivity index (χ3n) is 6.12. The van der Waals surface area contributed by atoms with Crippen molar-refractivity contribution in [1.82, 2.24) is 4.98 Å². The summed E-state index contributed by atoms with van der Waals surface area (Å²) in [4.78, 5) is 32.7. The van der Waals surface area contributed by atoms with Gasteiger partial charge in [-0.3, -0.25) is 14.5 Å². The zero-order valence-corrected chi connectivity index (χ0v) is 20.5. The van der Waals surface area contributed by atoms with Gasteiger partial charge in [0.25, 0.3) is 5.78 Å². The monoisotopic (exact) mass is 502 g/mol. The molecule has 2 heterocycles. The van der Waals surface area contributed by atoms with Crippen LogP contribution in [0.3, 0.4) is 0 Å². The van der Waals surface area contributed by atoms with E-state index in [2.05, 4.69) is 11.9 Å². The van der Waals surface area contributed by atoms with Crippen LogP contribution in [0.25, 0.3) is 16.0 Å². The number of hydrogen-bond donors (Lipinski definition) is 1. The van der Waals surface area contributed by atoms with Crippen LogP contribution in [0.2, 0.25) is 0 Å². The number of ketones is 1. The Kier molecular flexibility index (Phi) is 6.28. The van der Waals surface area contributed by atoms with Crippen molar-refractivity contribution >= 4 is 44.1 Å². The molecule has 1 aromatic heterocycles. The first-order valence-electron chi connectivity index (χ1n) is 11.6. The van der Waals surface area contributed by atoms with Crippen molar-refractivity contribution in [3.05, 3.63) is 94.8 Å². The van der Waals surface area contributed by atoms with Crippen LogP contribution in [0.1, 0.15) is 36.6 Å². The molecule has 0 aliphatic carbocycles. The van der Waals surface area contributed by atoms with Gasteiger partial charge in [-0.25, -0.2) is 9.37 Å². The first-order valence-corrected chi connectivity index (χ1v) is 12.4. The van der Waals surface area contributed by atoms with Gasteiger partial charge in [-0.15, -0.1) is 0 Å². The average molecular weight is 503 g/mol. The van der Waals surface area contributed by atoms with Crippen molar-refractivity contribution in [2.24, 2.45) is 0 Å². The SMILES string of the molecule is CCOc1ccc(C2/C(=C(\O)c3ccc(F)cc3)C(=O)C(=O)N2c2nc3ccc(CC)cc3s2)cc1. The van der Waals surface area contributed by atoms with Gasteiger partial charge in [0.1, 0.15) is 17.3 Å². The lowest BCUT2D eigenvalue weighted by Gasteiger charge is -2.23. The van der Waals surface area contributed by atoms with Gasteiger partial charge in [0.05, 0.1) is 28.4 Å². The van der Waals surface area contributed by atoms with E-state index in [1.807, 2.05) is 25.1 Å². The van der Waals surface area contributed by atoms with Crippen LogP contribution >= 0.6 is 11.3 Å². The van der Waals surface area contributed by atoms with Gasteiger partial charge in [0.15, 0.2) is 5.13 Å². The van der Waals surface area contributed by atoms with Gasteiger partial charge in [0, 0.05) is 5.56 Å². The fourth-order valence-corrected chi connectivity index (χ4v) is 5.36. The lowest BCUT2D eigenvalue weighted by atomic mass is 9.95. The van der Waals surface area contributed by atoms with Crippen molar-refractivity contribution in [1.29, 1.82) is 0 Å². The molecule has 1 fully saturated rings. The number of anilines is 1. The fraction of sp³-hybridized carbons (Fsp3) is 0.179. The van der Waals surface area contributed by atoms with Crippen LogP contribution in [0.5, 0.6) is 5.75 Å². The number of ether oxygens (including phenoxy) is 1. The number of hydrogen-bond acceptors (Lipinski definition) is 6. The zero-order chi connectivity index (χ0) is 25.4. The van der Waals surface area contributed by atoms with Gasteiger partial charge in [-0.2, -0.15) is 0 Å². The normalized spacial score (nSPS) is 17.2. The topological polar surface area (TPSA) is 79.7 Å². The number of halogens is 1. The Balaban J connectivity index is 1.69. The van der Waals surface area contributed by atoms with Gasteiger partial charge in [0.2, 0.25) is 0 Å². The van der Waals surface area contributed by atoms with Crippen LogP contribution in [-0.2, 0) is 16.0 Å². The number of benzene rings is 3. The lowest BCUT2D eigenvalue weighted by Crippen LogP contribution is -2.29. The average Bonchev–Trinajstić information content (AvgIpc) is 3.42. The first kappa shape index (κ1) is 23.7. The van der Waals surface area contributed by atoms with Crippen LogP contribution in [0.4, 0.5) is 9.52 Å². The highest BCUT2D eigenvalue weighted by molar-refractivity contribution is 7.22. The quantitative estimate of drug-likeness (QED) is 0.198. The van der Waals surface area contributed by atoms with Crippen molar-refractivity contribution in [2.75, 3.05) is 11.5 Å². The van der Waals surface area contributed by atoms with E-state index in [-0.39, 0.29) is 16.9 Å². The van der Waals surface area contributed by atoms with E-state index in [1.165, 1.54) is 40.5 Å². The van der Waals surface area contributed by atoms with E-state index in [9.17, 15) is 19.1 Å². The summed E-state index contributed by atoms with van der Waals surface area (Å²) in [5.41, 5.74) is 2.62. The molecule has 1 saturated heterocycles. The summed E-state index contributed by atoms with van der Waals surface area (Å²) < 4.78 is 19.9. The summed E-state index contributed by atoms with van der Waals surface area (Å²) in [6.45, 7) is 4.43. The van der Waals surface area contributed by atoms with E-state index in [0.717, 1.165) is 22.2 Å². The molecule has 1 aliphatic rings. The minimum atomic E-state index is -0.920. The smallest absolute Gasteiger partial charge is 0.301 e. The first-order chi connectivity index (χ1) is 17.4. The number of aliphatic hydroxyl groups excluding tert-OH is 1. The molecule has 1 atom stereocenters. The Morgan fingerprint density at radius 1 is 1.06 bits per heavy atom. The second-order valence-electron chi connectivity index (χ2n) is 8.33. The summed E-state index contributed by atoms with van der Waals surface area (Å²) in [5, 5.41) is 11.5. The van der Waals surface area contributed by atoms with E-state index in [0.29, 0.717) is 23.1 Å². The summed E-state index contributed by atoms with van der Waals surface area (Å²) >= 11 is 1.31. The molecule has 0 spiro atoms. The number of aryl methyl sites for hydroxylation is 1. The zero-order valence-electron chi connectivity index (χ0n) is 19.7. The van der Waals surface area contributed by atoms with Crippen molar-refractivity contribution < 1.29 is 23.8 Å². The number of nitrogens with zero attached hydrogens (tertiary/aromatic N) is 2. The van der Waals surface area contributed by atoms with E-state index < -0.39 is 23.5 Å². The Bertz CT molecular complexity index is 1490. The van der Waals surface area contributed by atoms with Crippen LogP contribution in [0, 0.1) is 5.82 Å². The number of aliphatic hydroxyl groups is 1. The highest BCUT2D eigenvalue weighted by Crippen LogP contribution is 2.44. The minimum absolute atomic E-state index is 0.0794. The number of thiazole rings is 1. The number of aromatic nitrogens is 1. The lowest BCUT2D eigenvalue weighted by molar-refractivity contribution is -0.132.